The van der Waals surface area contributed by atoms with Crippen molar-refractivity contribution < 1.29 is 32.8 Å². The summed E-state index contributed by atoms with van der Waals surface area (Å²) < 4.78 is 26.6. The van der Waals surface area contributed by atoms with Crippen molar-refractivity contribution >= 4 is 40.4 Å². The highest BCUT2D eigenvalue weighted by Gasteiger charge is 2.63. The van der Waals surface area contributed by atoms with Gasteiger partial charge in [-0.15, -0.1) is 0 Å². The SMILES string of the molecule is C[C@@H]1CN2c3c(cc4c(C(N)=O)noc4c3F)CC3(C(=O)NC(=O)NC3=O)[C@H]2[C@H](C)O1. The van der Waals surface area contributed by atoms with E-state index in [1.165, 1.54) is 6.07 Å². The van der Waals surface area contributed by atoms with E-state index >= 15 is 4.39 Å². The zero-order chi connectivity index (χ0) is 22.2. The molecule has 0 saturated carbocycles. The molecule has 0 unspecified atom stereocenters. The normalized spacial score (nSPS) is 27.0. The Labute approximate surface area is 174 Å². The lowest BCUT2D eigenvalue weighted by Crippen LogP contribution is -2.75. The van der Waals surface area contributed by atoms with E-state index in [2.05, 4.69) is 15.8 Å². The van der Waals surface area contributed by atoms with Crippen LogP contribution in [0, 0.1) is 11.2 Å². The number of fused-ring (bicyclic) bond motifs is 5. The molecule has 31 heavy (non-hydrogen) atoms. The molecule has 1 aromatic carbocycles. The number of nitrogens with zero attached hydrogens (tertiary/aromatic N) is 2. The first-order valence-electron chi connectivity index (χ1n) is 9.64. The lowest BCUT2D eigenvalue weighted by Gasteiger charge is -2.55. The minimum Gasteiger partial charge on any atom is -0.372 e. The maximum Gasteiger partial charge on any atom is 0.328 e. The van der Waals surface area contributed by atoms with Crippen LogP contribution in [0.4, 0.5) is 14.9 Å². The van der Waals surface area contributed by atoms with Gasteiger partial charge < -0.3 is 19.9 Å². The van der Waals surface area contributed by atoms with Gasteiger partial charge in [-0.2, -0.15) is 0 Å². The van der Waals surface area contributed by atoms with Crippen molar-refractivity contribution in [2.45, 2.75) is 38.5 Å². The molecule has 11 nitrogen and oxygen atoms in total. The Morgan fingerprint density at radius 3 is 2.61 bits per heavy atom. The van der Waals surface area contributed by atoms with Crippen LogP contribution in [0.25, 0.3) is 11.0 Å². The Bertz CT molecular complexity index is 1170. The molecule has 2 aromatic rings. The number of anilines is 1. The van der Waals surface area contributed by atoms with Crippen LogP contribution in [0.1, 0.15) is 29.9 Å². The molecule has 4 heterocycles. The molecule has 1 spiro atoms. The summed E-state index contributed by atoms with van der Waals surface area (Å²) in [5.74, 6) is -3.28. The van der Waals surface area contributed by atoms with E-state index < -0.39 is 47.1 Å². The summed E-state index contributed by atoms with van der Waals surface area (Å²) >= 11 is 0. The summed E-state index contributed by atoms with van der Waals surface area (Å²) in [5, 5.41) is 7.91. The number of aromatic nitrogens is 1. The van der Waals surface area contributed by atoms with Crippen molar-refractivity contribution in [2.24, 2.45) is 11.1 Å². The minimum absolute atomic E-state index is 0.0411. The lowest BCUT2D eigenvalue weighted by atomic mass is 9.66. The second-order valence-electron chi connectivity index (χ2n) is 8.10. The largest absolute Gasteiger partial charge is 0.372 e. The fraction of sp³-hybridized carbons (Fsp3) is 0.421. The number of carbonyl (C=O) groups is 4. The highest BCUT2D eigenvalue weighted by atomic mass is 19.1. The van der Waals surface area contributed by atoms with Crippen LogP contribution < -0.4 is 21.3 Å². The standard InChI is InChI=1S/C19H18FN5O6/c1-6-5-25-12-8(3-9-11(15(21)26)24-31-13(9)10(12)20)4-19(14(25)7(2)30-6)16(27)22-18(29)23-17(19)28/h3,6-7,14H,4-5H2,1-2H3,(H2,21,26)(H2,22,23,27,28,29)/t6-,7+,14-/m1/s1. The number of halogens is 1. The Balaban J connectivity index is 1.80. The Morgan fingerprint density at radius 2 is 1.97 bits per heavy atom. The van der Waals surface area contributed by atoms with Crippen molar-refractivity contribution in [2.75, 3.05) is 11.4 Å². The van der Waals surface area contributed by atoms with Gasteiger partial charge in [-0.25, -0.2) is 9.18 Å². The second-order valence-corrected chi connectivity index (χ2v) is 8.10. The molecule has 0 aliphatic carbocycles. The quantitative estimate of drug-likeness (QED) is 0.531. The molecule has 3 aliphatic heterocycles. The first kappa shape index (κ1) is 19.4. The highest BCUT2D eigenvalue weighted by Crippen LogP contribution is 2.49. The summed E-state index contributed by atoms with van der Waals surface area (Å²) in [6.45, 7) is 3.65. The number of barbiturate groups is 1. The van der Waals surface area contributed by atoms with Gasteiger partial charge in [-0.3, -0.25) is 25.0 Å². The van der Waals surface area contributed by atoms with Crippen LogP contribution in [0.2, 0.25) is 0 Å². The van der Waals surface area contributed by atoms with Crippen molar-refractivity contribution in [3.05, 3.63) is 23.1 Å². The van der Waals surface area contributed by atoms with Gasteiger partial charge in [-0.1, -0.05) is 5.16 Å². The predicted octanol–water partition coefficient (Wildman–Crippen LogP) is -0.0435. The average Bonchev–Trinajstić information content (AvgIpc) is 3.09. The number of amides is 5. The number of primary amides is 1. The molecule has 1 aromatic heterocycles. The Morgan fingerprint density at radius 1 is 1.29 bits per heavy atom. The fourth-order valence-electron chi connectivity index (χ4n) is 5.13. The third-order valence-electron chi connectivity index (χ3n) is 6.20. The van der Waals surface area contributed by atoms with Crippen LogP contribution in [-0.4, -0.2) is 53.7 Å². The van der Waals surface area contributed by atoms with Crippen LogP contribution >= 0.6 is 0 Å². The zero-order valence-electron chi connectivity index (χ0n) is 16.5. The molecule has 3 aliphatic rings. The van der Waals surface area contributed by atoms with Gasteiger partial charge in [-0.05, 0) is 25.5 Å². The smallest absolute Gasteiger partial charge is 0.328 e. The van der Waals surface area contributed by atoms with E-state index in [4.69, 9.17) is 15.0 Å². The molecular weight excluding hydrogens is 413 g/mol. The van der Waals surface area contributed by atoms with Crippen LogP contribution in [0.3, 0.4) is 0 Å². The Hall–Kier alpha value is -3.54. The summed E-state index contributed by atoms with van der Waals surface area (Å²) in [7, 11) is 0. The summed E-state index contributed by atoms with van der Waals surface area (Å²) in [5.41, 5.74) is 3.46. The van der Waals surface area contributed by atoms with Crippen molar-refractivity contribution in [1.29, 1.82) is 0 Å². The minimum atomic E-state index is -1.76. The van der Waals surface area contributed by atoms with Gasteiger partial charge in [0.25, 0.3) is 5.91 Å². The number of nitrogens with two attached hydrogens (primary N) is 1. The van der Waals surface area contributed by atoms with E-state index in [0.29, 0.717) is 0 Å². The maximum atomic E-state index is 15.6. The number of benzene rings is 1. The van der Waals surface area contributed by atoms with Crippen LogP contribution in [0.15, 0.2) is 10.6 Å². The van der Waals surface area contributed by atoms with E-state index in [1.54, 1.807) is 18.7 Å². The summed E-state index contributed by atoms with van der Waals surface area (Å²) in [4.78, 5) is 51.2. The van der Waals surface area contributed by atoms with Gasteiger partial charge in [0.05, 0.1) is 29.3 Å². The number of hydrogen-bond acceptors (Lipinski definition) is 8. The van der Waals surface area contributed by atoms with Crippen LogP contribution in [-0.2, 0) is 20.7 Å². The molecule has 3 atom stereocenters. The van der Waals surface area contributed by atoms with Crippen molar-refractivity contribution in [1.82, 2.24) is 15.8 Å². The first-order valence-corrected chi connectivity index (χ1v) is 9.64. The number of rotatable bonds is 1. The second kappa shape index (κ2) is 6.23. The lowest BCUT2D eigenvalue weighted by molar-refractivity contribution is -0.153. The van der Waals surface area contributed by atoms with E-state index in [1.807, 2.05) is 0 Å². The van der Waals surface area contributed by atoms with Gasteiger partial charge in [0.1, 0.15) is 0 Å². The highest BCUT2D eigenvalue weighted by molar-refractivity contribution is 6.20. The van der Waals surface area contributed by atoms with Gasteiger partial charge in [0.2, 0.25) is 17.4 Å². The van der Waals surface area contributed by atoms with Crippen LogP contribution in [0.5, 0.6) is 0 Å². The number of urea groups is 1. The number of nitrogens with one attached hydrogen (secondary N) is 2. The molecule has 5 amide bonds. The topological polar surface area (TPSA) is 157 Å². The van der Waals surface area contributed by atoms with Gasteiger partial charge in [0.15, 0.2) is 16.9 Å². The molecule has 0 bridgehead atoms. The number of morpholine rings is 1. The van der Waals surface area contributed by atoms with Gasteiger partial charge in [0, 0.05) is 13.0 Å². The molecular formula is C19H18FN5O6. The van der Waals surface area contributed by atoms with E-state index in [9.17, 15) is 19.2 Å². The van der Waals surface area contributed by atoms with E-state index in [-0.39, 0.29) is 47.0 Å². The first-order chi connectivity index (χ1) is 14.6. The number of hydrogen-bond donors (Lipinski definition) is 3. The molecule has 5 rings (SSSR count). The third-order valence-corrected chi connectivity index (χ3v) is 6.20. The van der Waals surface area contributed by atoms with Gasteiger partial charge >= 0.3 is 6.03 Å². The summed E-state index contributed by atoms with van der Waals surface area (Å²) in [6.07, 6.45) is -1.21. The monoisotopic (exact) mass is 431 g/mol. The summed E-state index contributed by atoms with van der Waals surface area (Å²) in [6, 6.07) is -0.369. The number of carbonyl (C=O) groups excluding carboxylic acids is 4. The number of ether oxygens (including phenoxy) is 1. The zero-order valence-corrected chi connectivity index (χ0v) is 16.5. The Kier molecular flexibility index (Phi) is 3.91. The number of imide groups is 2. The van der Waals surface area contributed by atoms with Crippen molar-refractivity contribution in [3.8, 4) is 0 Å². The molecule has 2 fully saturated rings. The molecule has 12 heteroatoms. The average molecular weight is 431 g/mol. The molecule has 162 valence electrons. The fourth-order valence-corrected chi connectivity index (χ4v) is 5.13. The maximum absolute atomic E-state index is 15.6. The molecule has 4 N–H and O–H groups in total. The van der Waals surface area contributed by atoms with Crippen molar-refractivity contribution in [3.63, 3.8) is 0 Å². The molecule has 2 saturated heterocycles. The third kappa shape index (κ3) is 2.45. The van der Waals surface area contributed by atoms with E-state index in [0.717, 1.165) is 0 Å². The molecule has 0 radical (unpaired) electrons. The predicted molar refractivity (Wildman–Crippen MR) is 101 cm³/mol.